The van der Waals surface area contributed by atoms with Crippen molar-refractivity contribution in [3.8, 4) is 0 Å². The number of hydrogen-bond acceptors (Lipinski definition) is 3. The number of amides is 1. The molecule has 0 radical (unpaired) electrons. The number of likely N-dealkylation sites (N-methyl/N-ethyl adjacent to an activating group) is 1. The summed E-state index contributed by atoms with van der Waals surface area (Å²) in [5, 5.41) is 3.19. The van der Waals surface area contributed by atoms with Gasteiger partial charge in [0, 0.05) is 30.3 Å². The van der Waals surface area contributed by atoms with Crippen LogP contribution in [0.5, 0.6) is 0 Å². The molecule has 0 bridgehead atoms. The summed E-state index contributed by atoms with van der Waals surface area (Å²) in [4.78, 5) is 14.2. The number of nitrogens with one attached hydrogen (secondary N) is 1. The molecule has 0 unspecified atom stereocenters. The third kappa shape index (κ3) is 4.15. The summed E-state index contributed by atoms with van der Waals surface area (Å²) in [7, 11) is 1.98. The molecule has 2 atom stereocenters. The quantitative estimate of drug-likeness (QED) is 0.902. The number of carbonyl (C=O) groups excluding carboxylic acids is 1. The monoisotopic (exact) mass is 314 g/mol. The van der Waals surface area contributed by atoms with Gasteiger partial charge in [-0.3, -0.25) is 4.79 Å². The molecule has 1 fully saturated rings. The summed E-state index contributed by atoms with van der Waals surface area (Å²) in [6.07, 6.45) is -0.0927. The van der Waals surface area contributed by atoms with E-state index in [-0.39, 0.29) is 35.1 Å². The number of rotatable bonds is 5. The van der Waals surface area contributed by atoms with Crippen LogP contribution in [0.1, 0.15) is 12.5 Å². The van der Waals surface area contributed by atoms with Gasteiger partial charge in [-0.15, -0.1) is 0 Å². The number of ether oxygens (including phenoxy) is 1. The van der Waals surface area contributed by atoms with Gasteiger partial charge in [-0.05, 0) is 26.1 Å². The molecule has 21 heavy (non-hydrogen) atoms. The van der Waals surface area contributed by atoms with Crippen molar-refractivity contribution in [1.29, 1.82) is 0 Å². The van der Waals surface area contributed by atoms with Gasteiger partial charge in [0.25, 0.3) is 0 Å². The molecule has 1 aromatic rings. The average molecular weight is 315 g/mol. The maximum atomic E-state index is 13.7. The Morgan fingerprint density at radius 3 is 2.95 bits per heavy atom. The maximum absolute atomic E-state index is 13.7. The maximum Gasteiger partial charge on any atom is 0.224 e. The van der Waals surface area contributed by atoms with Crippen LogP contribution in [0.2, 0.25) is 5.02 Å². The minimum Gasteiger partial charge on any atom is -0.375 e. The van der Waals surface area contributed by atoms with Crippen molar-refractivity contribution in [2.45, 2.75) is 25.5 Å². The van der Waals surface area contributed by atoms with Crippen LogP contribution < -0.4 is 5.32 Å². The first-order valence-corrected chi connectivity index (χ1v) is 7.41. The molecule has 2 rings (SSSR count). The van der Waals surface area contributed by atoms with E-state index in [0.29, 0.717) is 6.61 Å². The lowest BCUT2D eigenvalue weighted by molar-refractivity contribution is -0.122. The van der Waals surface area contributed by atoms with E-state index in [1.165, 1.54) is 12.1 Å². The SMILES string of the molecule is CCO[C@@H]1CN(C)C[C@H]1NC(=O)Cc1c(F)cccc1Cl. The fourth-order valence-electron chi connectivity index (χ4n) is 2.60. The van der Waals surface area contributed by atoms with E-state index in [0.717, 1.165) is 13.1 Å². The van der Waals surface area contributed by atoms with Crippen LogP contribution in [-0.2, 0) is 16.0 Å². The Hall–Kier alpha value is -1.17. The minimum absolute atomic E-state index is 0.0277. The highest BCUT2D eigenvalue weighted by Crippen LogP contribution is 2.20. The van der Waals surface area contributed by atoms with Crippen LogP contribution in [0.3, 0.4) is 0 Å². The van der Waals surface area contributed by atoms with Crippen molar-refractivity contribution in [2.75, 3.05) is 26.7 Å². The number of carbonyl (C=O) groups is 1. The van der Waals surface area contributed by atoms with Crippen molar-refractivity contribution in [3.63, 3.8) is 0 Å². The zero-order chi connectivity index (χ0) is 15.4. The molecular formula is C15H20ClFN2O2. The molecule has 1 amide bonds. The number of likely N-dealkylation sites (tertiary alicyclic amines) is 1. The van der Waals surface area contributed by atoms with Crippen LogP contribution in [0.15, 0.2) is 18.2 Å². The van der Waals surface area contributed by atoms with Crippen LogP contribution in [0, 0.1) is 5.82 Å². The van der Waals surface area contributed by atoms with E-state index in [9.17, 15) is 9.18 Å². The van der Waals surface area contributed by atoms with Gasteiger partial charge in [-0.1, -0.05) is 17.7 Å². The second-order valence-corrected chi connectivity index (χ2v) is 5.67. The van der Waals surface area contributed by atoms with Gasteiger partial charge < -0.3 is 15.0 Å². The highest BCUT2D eigenvalue weighted by molar-refractivity contribution is 6.31. The van der Waals surface area contributed by atoms with Gasteiger partial charge in [0.05, 0.1) is 18.6 Å². The number of benzene rings is 1. The topological polar surface area (TPSA) is 41.6 Å². The molecule has 0 aliphatic carbocycles. The molecule has 0 aromatic heterocycles. The molecule has 6 heteroatoms. The normalized spacial score (nSPS) is 22.5. The van der Waals surface area contributed by atoms with Gasteiger partial charge in [-0.25, -0.2) is 4.39 Å². The molecule has 0 spiro atoms. The lowest BCUT2D eigenvalue weighted by Gasteiger charge is -2.20. The lowest BCUT2D eigenvalue weighted by atomic mass is 10.1. The Bertz CT molecular complexity index is 492. The molecule has 1 aliphatic heterocycles. The Kier molecular flexibility index (Phi) is 5.56. The van der Waals surface area contributed by atoms with E-state index in [4.69, 9.17) is 16.3 Å². The first-order chi connectivity index (χ1) is 10.0. The van der Waals surface area contributed by atoms with Crippen molar-refractivity contribution in [1.82, 2.24) is 10.2 Å². The predicted octanol–water partition coefficient (Wildman–Crippen LogP) is 1.86. The second kappa shape index (κ2) is 7.20. The highest BCUT2D eigenvalue weighted by Gasteiger charge is 2.32. The van der Waals surface area contributed by atoms with E-state index in [1.807, 2.05) is 14.0 Å². The third-order valence-electron chi connectivity index (χ3n) is 3.57. The van der Waals surface area contributed by atoms with Crippen LogP contribution in [-0.4, -0.2) is 49.7 Å². The first-order valence-electron chi connectivity index (χ1n) is 7.03. The Labute approximate surface area is 129 Å². The Balaban J connectivity index is 1.98. The molecular weight excluding hydrogens is 295 g/mol. The minimum atomic E-state index is -0.456. The summed E-state index contributed by atoms with van der Waals surface area (Å²) in [5.74, 6) is -0.699. The highest BCUT2D eigenvalue weighted by atomic mass is 35.5. The fraction of sp³-hybridized carbons (Fsp3) is 0.533. The van der Waals surface area contributed by atoms with E-state index in [2.05, 4.69) is 10.2 Å². The van der Waals surface area contributed by atoms with Gasteiger partial charge >= 0.3 is 0 Å². The molecule has 1 saturated heterocycles. The number of nitrogens with zero attached hydrogens (tertiary/aromatic N) is 1. The Morgan fingerprint density at radius 2 is 2.29 bits per heavy atom. The van der Waals surface area contributed by atoms with Crippen molar-refractivity contribution < 1.29 is 13.9 Å². The van der Waals surface area contributed by atoms with Crippen LogP contribution in [0.4, 0.5) is 4.39 Å². The van der Waals surface area contributed by atoms with Gasteiger partial charge in [0.2, 0.25) is 5.91 Å². The van der Waals surface area contributed by atoms with Crippen molar-refractivity contribution in [3.05, 3.63) is 34.6 Å². The van der Waals surface area contributed by atoms with E-state index < -0.39 is 5.82 Å². The second-order valence-electron chi connectivity index (χ2n) is 5.27. The smallest absolute Gasteiger partial charge is 0.224 e. The van der Waals surface area contributed by atoms with Crippen molar-refractivity contribution in [2.24, 2.45) is 0 Å². The molecule has 1 heterocycles. The van der Waals surface area contributed by atoms with Gasteiger partial charge in [0.15, 0.2) is 0 Å². The Morgan fingerprint density at radius 1 is 1.52 bits per heavy atom. The first kappa shape index (κ1) is 16.2. The zero-order valence-electron chi connectivity index (χ0n) is 12.2. The number of hydrogen-bond donors (Lipinski definition) is 1. The van der Waals surface area contributed by atoms with Crippen molar-refractivity contribution >= 4 is 17.5 Å². The molecule has 1 aromatic carbocycles. The summed E-state index contributed by atoms with van der Waals surface area (Å²) in [5.41, 5.74) is 0.232. The summed E-state index contributed by atoms with van der Waals surface area (Å²) in [6.45, 7) is 4.03. The van der Waals surface area contributed by atoms with E-state index in [1.54, 1.807) is 6.07 Å². The average Bonchev–Trinajstić information content (AvgIpc) is 2.74. The summed E-state index contributed by atoms with van der Waals surface area (Å²) in [6, 6.07) is 4.34. The third-order valence-corrected chi connectivity index (χ3v) is 3.93. The molecule has 4 nitrogen and oxygen atoms in total. The summed E-state index contributed by atoms with van der Waals surface area (Å²) < 4.78 is 19.3. The lowest BCUT2D eigenvalue weighted by Crippen LogP contribution is -2.44. The van der Waals surface area contributed by atoms with Gasteiger partial charge in [0.1, 0.15) is 5.82 Å². The van der Waals surface area contributed by atoms with Crippen LogP contribution in [0.25, 0.3) is 0 Å². The fourth-order valence-corrected chi connectivity index (χ4v) is 2.83. The summed E-state index contributed by atoms with van der Waals surface area (Å²) >= 11 is 5.94. The predicted molar refractivity (Wildman–Crippen MR) is 80.0 cm³/mol. The molecule has 1 aliphatic rings. The molecule has 1 N–H and O–H groups in total. The standard InChI is InChI=1S/C15H20ClFN2O2/c1-3-21-14-9-19(2)8-13(14)18-15(20)7-10-11(16)5-4-6-12(10)17/h4-6,13-14H,3,7-9H2,1-2H3,(H,18,20)/t13-,14-/m1/s1. The largest absolute Gasteiger partial charge is 0.375 e. The molecule has 0 saturated carbocycles. The van der Waals surface area contributed by atoms with Gasteiger partial charge in [-0.2, -0.15) is 0 Å². The molecule has 116 valence electrons. The van der Waals surface area contributed by atoms with E-state index >= 15 is 0 Å². The number of halogens is 2. The van der Waals surface area contributed by atoms with Crippen LogP contribution >= 0.6 is 11.6 Å². The zero-order valence-corrected chi connectivity index (χ0v) is 13.0.